The van der Waals surface area contributed by atoms with Crippen LogP contribution in [0.25, 0.3) is 0 Å². The molecular weight excluding hydrogens is 316 g/mol. The van der Waals surface area contributed by atoms with Crippen molar-refractivity contribution < 1.29 is 18.5 Å². The predicted molar refractivity (Wildman–Crippen MR) is 90.7 cm³/mol. The van der Waals surface area contributed by atoms with Gasteiger partial charge in [-0.1, -0.05) is 12.1 Å². The molecule has 2 amide bonds. The first kappa shape index (κ1) is 19.3. The highest BCUT2D eigenvalue weighted by Gasteiger charge is 2.19. The van der Waals surface area contributed by atoms with E-state index in [0.717, 1.165) is 5.56 Å². The molecule has 7 heteroatoms. The van der Waals surface area contributed by atoms with Gasteiger partial charge in [0.05, 0.1) is 6.61 Å². The number of hydrogen-bond donors (Lipinski definition) is 0. The lowest BCUT2D eigenvalue weighted by Gasteiger charge is -2.23. The molecule has 0 fully saturated rings. The van der Waals surface area contributed by atoms with Crippen LogP contribution in [0.15, 0.2) is 24.3 Å². The molecule has 1 unspecified atom stereocenters. The summed E-state index contributed by atoms with van der Waals surface area (Å²) in [7, 11) is 3.88. The van der Waals surface area contributed by atoms with E-state index in [4.69, 9.17) is 4.74 Å². The van der Waals surface area contributed by atoms with Crippen LogP contribution >= 0.6 is 0 Å². The molecule has 0 aliphatic heterocycles. The predicted octanol–water partition coefficient (Wildman–Crippen LogP) is 0.742. The van der Waals surface area contributed by atoms with Crippen LogP contribution in [0.2, 0.25) is 0 Å². The van der Waals surface area contributed by atoms with Crippen LogP contribution in [0, 0.1) is 0 Å². The van der Waals surface area contributed by atoms with Crippen molar-refractivity contribution in [1.29, 1.82) is 0 Å². The quantitative estimate of drug-likeness (QED) is 0.700. The largest absolute Gasteiger partial charge is 0.383 e. The van der Waals surface area contributed by atoms with Gasteiger partial charge in [0.15, 0.2) is 0 Å². The zero-order valence-electron chi connectivity index (χ0n) is 14.1. The lowest BCUT2D eigenvalue weighted by atomic mass is 10.1. The lowest BCUT2D eigenvalue weighted by molar-refractivity contribution is -0.129. The van der Waals surface area contributed by atoms with E-state index in [2.05, 4.69) is 0 Å². The molecule has 0 aliphatic rings. The Morgan fingerprint density at radius 2 is 1.96 bits per heavy atom. The summed E-state index contributed by atoms with van der Waals surface area (Å²) in [6.07, 6.45) is 1.62. The second-order valence-corrected chi connectivity index (χ2v) is 6.86. The summed E-state index contributed by atoms with van der Waals surface area (Å²) in [5.41, 5.74) is 1.32. The first-order chi connectivity index (χ1) is 10.8. The molecule has 0 heterocycles. The van der Waals surface area contributed by atoms with Gasteiger partial charge in [0.25, 0.3) is 5.91 Å². The van der Waals surface area contributed by atoms with E-state index in [0.29, 0.717) is 24.5 Å². The second kappa shape index (κ2) is 9.42. The van der Waals surface area contributed by atoms with E-state index in [1.165, 1.54) is 9.80 Å². The molecule has 0 aliphatic carbocycles. The monoisotopic (exact) mass is 340 g/mol. The molecule has 0 radical (unpaired) electrons. The number of ether oxygens (including phenoxy) is 1. The van der Waals surface area contributed by atoms with Gasteiger partial charge in [-0.3, -0.25) is 13.8 Å². The maximum atomic E-state index is 12.7. The van der Waals surface area contributed by atoms with Gasteiger partial charge in [0, 0.05) is 56.1 Å². The number of likely N-dealkylation sites (N-methyl/N-ethyl adjacent to an activating group) is 1. The summed E-state index contributed by atoms with van der Waals surface area (Å²) in [5, 5.41) is 0. The van der Waals surface area contributed by atoms with Crippen molar-refractivity contribution >= 4 is 22.6 Å². The fourth-order valence-electron chi connectivity index (χ4n) is 1.97. The summed E-state index contributed by atoms with van der Waals surface area (Å²) in [6, 6.07) is 7.02. The second-order valence-electron chi connectivity index (χ2n) is 5.43. The molecule has 128 valence electrons. The third-order valence-corrected chi connectivity index (χ3v) is 3.96. The Kier molecular flexibility index (Phi) is 7.91. The number of nitrogens with zero attached hydrogens (tertiary/aromatic N) is 2. The van der Waals surface area contributed by atoms with Crippen LogP contribution in [0.5, 0.6) is 0 Å². The number of rotatable bonds is 8. The van der Waals surface area contributed by atoms with Gasteiger partial charge in [0.2, 0.25) is 5.91 Å². The normalized spacial score (nSPS) is 11.8. The number of hydrogen-bond acceptors (Lipinski definition) is 4. The van der Waals surface area contributed by atoms with Crippen LogP contribution in [-0.4, -0.2) is 73.0 Å². The number of methoxy groups -OCH3 is 1. The Labute approximate surface area is 139 Å². The molecule has 0 aromatic heterocycles. The Morgan fingerprint density at radius 3 is 2.52 bits per heavy atom. The first-order valence-corrected chi connectivity index (χ1v) is 8.95. The van der Waals surface area contributed by atoms with Gasteiger partial charge in [-0.2, -0.15) is 0 Å². The Balaban J connectivity index is 2.94. The summed E-state index contributed by atoms with van der Waals surface area (Å²) in [5.74, 6) is 0.0109. The highest BCUT2D eigenvalue weighted by Crippen LogP contribution is 2.10. The maximum Gasteiger partial charge on any atom is 0.254 e. The summed E-state index contributed by atoms with van der Waals surface area (Å²) >= 11 is 0. The Bertz CT molecular complexity index is 575. The van der Waals surface area contributed by atoms with Crippen LogP contribution in [0.4, 0.5) is 0 Å². The minimum atomic E-state index is -0.975. The standard InChI is InChI=1S/C16H24N2O4S/c1-17(2)15(19)11-18(8-9-22-3)16(20)14-7-5-6-13(10-14)12-23(4)21/h5-7,10H,8-9,11-12H2,1-4H3. The molecule has 0 saturated carbocycles. The van der Waals surface area contributed by atoms with Gasteiger partial charge in [0.1, 0.15) is 6.54 Å². The molecule has 1 atom stereocenters. The summed E-state index contributed by atoms with van der Waals surface area (Å²) in [6.45, 7) is 0.684. The Morgan fingerprint density at radius 1 is 1.26 bits per heavy atom. The third-order valence-electron chi connectivity index (χ3n) is 3.22. The topological polar surface area (TPSA) is 66.9 Å². The fraction of sp³-hybridized carbons (Fsp3) is 0.500. The summed E-state index contributed by atoms with van der Waals surface area (Å²) < 4.78 is 16.4. The lowest BCUT2D eigenvalue weighted by Crippen LogP contribution is -2.41. The minimum absolute atomic E-state index is 0.000864. The van der Waals surface area contributed by atoms with Crippen molar-refractivity contribution in [2.75, 3.05) is 47.2 Å². The van der Waals surface area contributed by atoms with E-state index in [1.807, 2.05) is 6.07 Å². The van der Waals surface area contributed by atoms with E-state index in [1.54, 1.807) is 45.7 Å². The van der Waals surface area contributed by atoms with Crippen LogP contribution < -0.4 is 0 Å². The first-order valence-electron chi connectivity index (χ1n) is 7.22. The van der Waals surface area contributed by atoms with Crippen molar-refractivity contribution in [2.24, 2.45) is 0 Å². The van der Waals surface area contributed by atoms with Crippen molar-refractivity contribution in [3.8, 4) is 0 Å². The SMILES string of the molecule is COCCN(CC(=O)N(C)C)C(=O)c1cccc(CS(C)=O)c1. The molecular formula is C16H24N2O4S. The fourth-order valence-corrected chi connectivity index (χ4v) is 2.62. The third kappa shape index (κ3) is 6.50. The van der Waals surface area contributed by atoms with Gasteiger partial charge in [-0.25, -0.2) is 0 Å². The van der Waals surface area contributed by atoms with E-state index in [9.17, 15) is 13.8 Å². The van der Waals surface area contributed by atoms with Gasteiger partial charge in [-0.15, -0.1) is 0 Å². The zero-order chi connectivity index (χ0) is 17.4. The average molecular weight is 340 g/mol. The minimum Gasteiger partial charge on any atom is -0.383 e. The molecule has 1 aromatic rings. The van der Waals surface area contributed by atoms with Gasteiger partial charge in [-0.05, 0) is 17.7 Å². The van der Waals surface area contributed by atoms with E-state index < -0.39 is 10.8 Å². The molecule has 0 N–H and O–H groups in total. The van der Waals surface area contributed by atoms with Crippen molar-refractivity contribution in [2.45, 2.75) is 5.75 Å². The highest BCUT2D eigenvalue weighted by atomic mass is 32.2. The van der Waals surface area contributed by atoms with Crippen molar-refractivity contribution in [3.63, 3.8) is 0 Å². The maximum absolute atomic E-state index is 12.7. The molecule has 0 saturated heterocycles. The van der Waals surface area contributed by atoms with E-state index in [-0.39, 0.29) is 18.4 Å². The smallest absolute Gasteiger partial charge is 0.254 e. The van der Waals surface area contributed by atoms with E-state index >= 15 is 0 Å². The number of carbonyl (C=O) groups excluding carboxylic acids is 2. The molecule has 6 nitrogen and oxygen atoms in total. The number of amides is 2. The van der Waals surface area contributed by atoms with Crippen molar-refractivity contribution in [3.05, 3.63) is 35.4 Å². The van der Waals surface area contributed by atoms with Crippen LogP contribution in [0.3, 0.4) is 0 Å². The van der Waals surface area contributed by atoms with Crippen LogP contribution in [-0.2, 0) is 26.1 Å². The highest BCUT2D eigenvalue weighted by molar-refractivity contribution is 7.83. The molecule has 1 rings (SSSR count). The van der Waals surface area contributed by atoms with Gasteiger partial charge >= 0.3 is 0 Å². The summed E-state index contributed by atoms with van der Waals surface area (Å²) in [4.78, 5) is 27.5. The average Bonchev–Trinajstić information content (AvgIpc) is 2.50. The number of carbonyl (C=O) groups is 2. The number of benzene rings is 1. The Hall–Kier alpha value is -1.73. The molecule has 0 bridgehead atoms. The van der Waals surface area contributed by atoms with Crippen LogP contribution in [0.1, 0.15) is 15.9 Å². The molecule has 1 aromatic carbocycles. The molecule has 23 heavy (non-hydrogen) atoms. The van der Waals surface area contributed by atoms with Crippen molar-refractivity contribution in [1.82, 2.24) is 9.80 Å². The molecule has 0 spiro atoms. The van der Waals surface area contributed by atoms with Gasteiger partial charge < -0.3 is 14.5 Å². The zero-order valence-corrected chi connectivity index (χ0v) is 14.9.